The molecule has 6 nitrogen and oxygen atoms in total. The van der Waals surface area contributed by atoms with Gasteiger partial charge in [-0.15, -0.1) is 0 Å². The minimum absolute atomic E-state index is 0.0720. The van der Waals surface area contributed by atoms with E-state index in [1.165, 1.54) is 23.1 Å². The van der Waals surface area contributed by atoms with Gasteiger partial charge >= 0.3 is 0 Å². The van der Waals surface area contributed by atoms with E-state index in [-0.39, 0.29) is 22.4 Å². The molecule has 0 spiro atoms. The second kappa shape index (κ2) is 6.55. The van der Waals surface area contributed by atoms with Crippen LogP contribution in [-0.2, 0) is 10.0 Å². The number of aromatic carboxylic acids is 1. The Morgan fingerprint density at radius 3 is 2.48 bits per heavy atom. The highest BCUT2D eigenvalue weighted by Gasteiger charge is 2.25. The Balaban J connectivity index is 2.87. The molecule has 0 unspecified atom stereocenters. The molecule has 0 saturated heterocycles. The maximum Gasteiger partial charge on any atom is 0.240 e. The average molecular weight is 314 g/mol. The Hall–Kier alpha value is -1.44. The van der Waals surface area contributed by atoms with E-state index in [9.17, 15) is 18.3 Å². The number of hydrogen-bond donors (Lipinski definition) is 2. The van der Waals surface area contributed by atoms with Crippen molar-refractivity contribution >= 4 is 16.0 Å². The Labute approximate surface area is 125 Å². The number of carbonyl (C=O) groups is 1. The quantitative estimate of drug-likeness (QED) is 0.641. The third-order valence-electron chi connectivity index (χ3n) is 2.95. The number of quaternary nitrogens is 1. The Bertz CT molecular complexity index is 609. The maximum absolute atomic E-state index is 12.2. The summed E-state index contributed by atoms with van der Waals surface area (Å²) < 4.78 is 26.9. The van der Waals surface area contributed by atoms with Crippen molar-refractivity contribution in [2.24, 2.45) is 5.41 Å². The Kier molecular flexibility index (Phi) is 5.49. The lowest BCUT2D eigenvalue weighted by Crippen LogP contribution is -3.07. The molecule has 1 aromatic rings. The fraction of sp³-hybridized carbons (Fsp3) is 0.500. The molecule has 0 atom stereocenters. The maximum atomic E-state index is 12.2. The molecule has 0 saturated carbocycles. The molecular formula is C14H22N2O4S. The number of nitrogens with one attached hydrogen (secondary N) is 2. The van der Waals surface area contributed by atoms with Crippen molar-refractivity contribution in [3.8, 4) is 0 Å². The molecule has 0 aliphatic rings. The van der Waals surface area contributed by atoms with Crippen LogP contribution >= 0.6 is 0 Å². The molecule has 118 valence electrons. The summed E-state index contributed by atoms with van der Waals surface area (Å²) in [4.78, 5) is 11.9. The minimum Gasteiger partial charge on any atom is -0.545 e. The molecule has 1 aromatic carbocycles. The Morgan fingerprint density at radius 2 is 1.95 bits per heavy atom. The first-order chi connectivity index (χ1) is 9.53. The van der Waals surface area contributed by atoms with Gasteiger partial charge in [0.15, 0.2) is 0 Å². The standard InChI is InChI=1S/C14H22N2O4S/c1-14(2,10-16(3)4)9-15-21(19,20)12-7-5-6-11(8-12)13(17)18/h5-8,15H,9-10H2,1-4H3,(H,17,18). The van der Waals surface area contributed by atoms with Crippen LogP contribution < -0.4 is 14.7 Å². The number of benzene rings is 1. The van der Waals surface area contributed by atoms with Crippen LogP contribution in [0, 0.1) is 5.41 Å². The third kappa shape index (κ3) is 5.45. The van der Waals surface area contributed by atoms with Gasteiger partial charge in [0.1, 0.15) is 0 Å². The molecule has 0 aliphatic carbocycles. The van der Waals surface area contributed by atoms with Gasteiger partial charge in [-0.1, -0.05) is 26.0 Å². The van der Waals surface area contributed by atoms with Gasteiger partial charge < -0.3 is 14.8 Å². The molecule has 0 radical (unpaired) electrons. The fourth-order valence-corrected chi connectivity index (χ4v) is 3.47. The highest BCUT2D eigenvalue weighted by atomic mass is 32.2. The van der Waals surface area contributed by atoms with Crippen molar-refractivity contribution in [2.75, 3.05) is 27.2 Å². The molecule has 0 bridgehead atoms. The lowest BCUT2D eigenvalue weighted by Gasteiger charge is -2.26. The molecule has 1 rings (SSSR count). The highest BCUT2D eigenvalue weighted by Crippen LogP contribution is 2.15. The van der Waals surface area contributed by atoms with Gasteiger partial charge in [-0.3, -0.25) is 0 Å². The first kappa shape index (κ1) is 17.6. The van der Waals surface area contributed by atoms with Gasteiger partial charge in [0.05, 0.1) is 31.5 Å². The predicted octanol–water partition coefficient (Wildman–Crippen LogP) is -1.50. The van der Waals surface area contributed by atoms with Gasteiger partial charge in [0.25, 0.3) is 0 Å². The summed E-state index contributed by atoms with van der Waals surface area (Å²) in [5.74, 6) is -1.40. The van der Waals surface area contributed by atoms with Crippen LogP contribution in [0.4, 0.5) is 0 Å². The van der Waals surface area contributed by atoms with Crippen LogP contribution in [-0.4, -0.2) is 41.6 Å². The molecule has 0 fully saturated rings. The van der Waals surface area contributed by atoms with Crippen molar-refractivity contribution in [3.63, 3.8) is 0 Å². The number of carboxylic acids is 1. The smallest absolute Gasteiger partial charge is 0.240 e. The lowest BCUT2D eigenvalue weighted by molar-refractivity contribution is -0.865. The predicted molar refractivity (Wildman–Crippen MR) is 77.4 cm³/mol. The first-order valence-electron chi connectivity index (χ1n) is 6.64. The fourth-order valence-electron chi connectivity index (χ4n) is 2.18. The SMILES string of the molecule is C[NH+](C)CC(C)(C)CNS(=O)(=O)c1cccc(C(=O)[O-])c1. The van der Waals surface area contributed by atoms with E-state index in [4.69, 9.17) is 0 Å². The molecule has 0 aliphatic heterocycles. The van der Waals surface area contributed by atoms with Crippen LogP contribution in [0.5, 0.6) is 0 Å². The zero-order valence-corrected chi connectivity index (χ0v) is 13.6. The molecular weight excluding hydrogens is 292 g/mol. The molecule has 7 heteroatoms. The minimum atomic E-state index is -3.74. The van der Waals surface area contributed by atoms with E-state index in [2.05, 4.69) is 4.72 Å². The Morgan fingerprint density at radius 1 is 1.33 bits per heavy atom. The number of rotatable bonds is 7. The molecule has 0 heterocycles. The van der Waals surface area contributed by atoms with Gasteiger partial charge in [0, 0.05) is 12.0 Å². The van der Waals surface area contributed by atoms with Crippen LogP contribution in [0.15, 0.2) is 29.2 Å². The van der Waals surface area contributed by atoms with Crippen LogP contribution in [0.1, 0.15) is 24.2 Å². The number of carbonyl (C=O) groups excluding carboxylic acids is 1. The van der Waals surface area contributed by atoms with Crippen molar-refractivity contribution in [2.45, 2.75) is 18.7 Å². The summed E-state index contributed by atoms with van der Waals surface area (Å²) in [6.07, 6.45) is 0. The molecule has 2 N–H and O–H groups in total. The van der Waals surface area contributed by atoms with E-state index in [1.807, 2.05) is 27.9 Å². The second-order valence-corrected chi connectivity index (χ2v) is 7.95. The summed E-state index contributed by atoms with van der Waals surface area (Å²) in [5, 5.41) is 10.8. The summed E-state index contributed by atoms with van der Waals surface area (Å²) in [6.45, 7) is 5.02. The zero-order chi connectivity index (χ0) is 16.3. The average Bonchev–Trinajstić information content (AvgIpc) is 2.35. The van der Waals surface area contributed by atoms with E-state index >= 15 is 0 Å². The topological polar surface area (TPSA) is 90.7 Å². The summed E-state index contributed by atoms with van der Waals surface area (Å²) >= 11 is 0. The third-order valence-corrected chi connectivity index (χ3v) is 4.35. The normalized spacial score (nSPS) is 12.6. The van der Waals surface area contributed by atoms with Crippen molar-refractivity contribution < 1.29 is 23.2 Å². The van der Waals surface area contributed by atoms with E-state index in [0.29, 0.717) is 0 Å². The van der Waals surface area contributed by atoms with Crippen LogP contribution in [0.25, 0.3) is 0 Å². The van der Waals surface area contributed by atoms with E-state index < -0.39 is 16.0 Å². The lowest BCUT2D eigenvalue weighted by atomic mass is 9.93. The molecule has 0 aromatic heterocycles. The van der Waals surface area contributed by atoms with Crippen LogP contribution in [0.3, 0.4) is 0 Å². The van der Waals surface area contributed by atoms with E-state index in [1.54, 1.807) is 0 Å². The van der Waals surface area contributed by atoms with Gasteiger partial charge in [-0.2, -0.15) is 0 Å². The van der Waals surface area contributed by atoms with Crippen LogP contribution in [0.2, 0.25) is 0 Å². The molecule has 0 amide bonds. The van der Waals surface area contributed by atoms with Crippen molar-refractivity contribution in [1.82, 2.24) is 4.72 Å². The van der Waals surface area contributed by atoms with Gasteiger partial charge in [0.2, 0.25) is 10.0 Å². The largest absolute Gasteiger partial charge is 0.545 e. The highest BCUT2D eigenvalue weighted by molar-refractivity contribution is 7.89. The van der Waals surface area contributed by atoms with E-state index in [0.717, 1.165) is 12.6 Å². The van der Waals surface area contributed by atoms with Crippen molar-refractivity contribution in [1.29, 1.82) is 0 Å². The summed E-state index contributed by atoms with van der Waals surface area (Å²) in [7, 11) is 0.264. The first-order valence-corrected chi connectivity index (χ1v) is 8.12. The van der Waals surface area contributed by atoms with Gasteiger partial charge in [-0.05, 0) is 17.7 Å². The summed E-state index contributed by atoms with van der Waals surface area (Å²) in [5.41, 5.74) is -0.368. The number of carboxylic acid groups (broad SMARTS) is 1. The number of sulfonamides is 1. The van der Waals surface area contributed by atoms with Gasteiger partial charge in [-0.25, -0.2) is 13.1 Å². The number of hydrogen-bond acceptors (Lipinski definition) is 4. The molecule has 21 heavy (non-hydrogen) atoms. The monoisotopic (exact) mass is 314 g/mol. The van der Waals surface area contributed by atoms with Crippen molar-refractivity contribution in [3.05, 3.63) is 29.8 Å². The second-order valence-electron chi connectivity index (χ2n) is 6.19. The zero-order valence-electron chi connectivity index (χ0n) is 12.8. The summed E-state index contributed by atoms with van der Waals surface area (Å²) in [6, 6.07) is 5.14.